The van der Waals surface area contributed by atoms with Gasteiger partial charge in [-0.2, -0.15) is 0 Å². The predicted molar refractivity (Wildman–Crippen MR) is 62.8 cm³/mol. The summed E-state index contributed by atoms with van der Waals surface area (Å²) in [6.45, 7) is 2.70. The van der Waals surface area contributed by atoms with Crippen molar-refractivity contribution in [1.29, 1.82) is 0 Å². The number of urea groups is 1. The Morgan fingerprint density at radius 1 is 1.35 bits per heavy atom. The van der Waals surface area contributed by atoms with E-state index in [2.05, 4.69) is 6.92 Å². The summed E-state index contributed by atoms with van der Waals surface area (Å²) >= 11 is 0. The molecule has 2 aliphatic rings. The number of hydrogen-bond donors (Lipinski definition) is 1. The molecule has 1 saturated carbocycles. The molecule has 1 unspecified atom stereocenters. The van der Waals surface area contributed by atoms with E-state index in [4.69, 9.17) is 5.11 Å². The fourth-order valence-corrected chi connectivity index (χ4v) is 2.56. The van der Waals surface area contributed by atoms with Crippen molar-refractivity contribution < 1.29 is 14.7 Å². The average Bonchev–Trinajstić information content (AvgIpc) is 3.02. The molecule has 1 N–H and O–H groups in total. The predicted octanol–water partition coefficient (Wildman–Crippen LogP) is 1.53. The number of rotatable bonds is 4. The highest BCUT2D eigenvalue weighted by Gasteiger charge is 2.38. The lowest BCUT2D eigenvalue weighted by Crippen LogP contribution is -2.48. The third-order valence-corrected chi connectivity index (χ3v) is 3.63. The van der Waals surface area contributed by atoms with Gasteiger partial charge in [0, 0.05) is 18.6 Å². The number of carbonyl (C=O) groups excluding carboxylic acids is 1. The van der Waals surface area contributed by atoms with Crippen LogP contribution in [-0.2, 0) is 4.79 Å². The maximum atomic E-state index is 12.3. The van der Waals surface area contributed by atoms with Gasteiger partial charge in [-0.3, -0.25) is 4.79 Å². The number of nitrogens with zero attached hydrogens (tertiary/aromatic N) is 2. The smallest absolute Gasteiger partial charge is 0.323 e. The van der Waals surface area contributed by atoms with Gasteiger partial charge in [-0.25, -0.2) is 4.79 Å². The molecule has 0 aromatic heterocycles. The van der Waals surface area contributed by atoms with E-state index in [1.165, 1.54) is 4.90 Å². The molecule has 5 nitrogen and oxygen atoms in total. The first kappa shape index (κ1) is 12.2. The van der Waals surface area contributed by atoms with Crippen molar-refractivity contribution >= 4 is 12.0 Å². The van der Waals surface area contributed by atoms with Crippen molar-refractivity contribution in [2.24, 2.45) is 0 Å². The van der Waals surface area contributed by atoms with Crippen LogP contribution in [0.5, 0.6) is 0 Å². The fourth-order valence-electron chi connectivity index (χ4n) is 2.56. The highest BCUT2D eigenvalue weighted by atomic mass is 16.4. The Balaban J connectivity index is 2.02. The lowest BCUT2D eigenvalue weighted by Gasteiger charge is -2.30. The van der Waals surface area contributed by atoms with Crippen LogP contribution >= 0.6 is 0 Å². The van der Waals surface area contributed by atoms with Gasteiger partial charge in [0.1, 0.15) is 6.54 Å². The lowest BCUT2D eigenvalue weighted by molar-refractivity contribution is -0.137. The Kier molecular flexibility index (Phi) is 3.54. The lowest BCUT2D eigenvalue weighted by atomic mass is 10.2. The molecule has 5 heteroatoms. The summed E-state index contributed by atoms with van der Waals surface area (Å²) in [7, 11) is 0. The first-order valence-electron chi connectivity index (χ1n) is 6.42. The largest absolute Gasteiger partial charge is 0.480 e. The van der Waals surface area contributed by atoms with Crippen LogP contribution in [-0.4, -0.2) is 52.1 Å². The van der Waals surface area contributed by atoms with Crippen molar-refractivity contribution in [2.75, 3.05) is 13.1 Å². The second-order valence-electron chi connectivity index (χ2n) is 4.93. The fraction of sp³-hybridized carbons (Fsp3) is 0.833. The minimum atomic E-state index is -0.919. The maximum Gasteiger partial charge on any atom is 0.323 e. The highest BCUT2D eigenvalue weighted by Crippen LogP contribution is 2.30. The summed E-state index contributed by atoms with van der Waals surface area (Å²) in [4.78, 5) is 26.5. The number of likely N-dealkylation sites (tertiary alicyclic amines) is 1. The van der Waals surface area contributed by atoms with Crippen molar-refractivity contribution in [3.05, 3.63) is 0 Å². The molecule has 1 atom stereocenters. The van der Waals surface area contributed by atoms with E-state index < -0.39 is 5.97 Å². The van der Waals surface area contributed by atoms with Crippen LogP contribution in [0.25, 0.3) is 0 Å². The zero-order valence-corrected chi connectivity index (χ0v) is 10.3. The van der Waals surface area contributed by atoms with Gasteiger partial charge in [0.2, 0.25) is 0 Å². The van der Waals surface area contributed by atoms with E-state index in [-0.39, 0.29) is 18.6 Å². The van der Waals surface area contributed by atoms with Crippen LogP contribution in [0.2, 0.25) is 0 Å². The van der Waals surface area contributed by atoms with Gasteiger partial charge in [0.15, 0.2) is 0 Å². The Morgan fingerprint density at radius 2 is 2.06 bits per heavy atom. The van der Waals surface area contributed by atoms with Crippen molar-refractivity contribution in [1.82, 2.24) is 9.80 Å². The highest BCUT2D eigenvalue weighted by molar-refractivity contribution is 5.81. The van der Waals surface area contributed by atoms with E-state index in [0.29, 0.717) is 6.04 Å². The van der Waals surface area contributed by atoms with E-state index >= 15 is 0 Å². The number of amides is 2. The van der Waals surface area contributed by atoms with Crippen molar-refractivity contribution in [3.63, 3.8) is 0 Å². The molecular formula is C12H20N2O3. The first-order valence-corrected chi connectivity index (χ1v) is 6.42. The van der Waals surface area contributed by atoms with Gasteiger partial charge < -0.3 is 14.9 Å². The van der Waals surface area contributed by atoms with Gasteiger partial charge in [-0.15, -0.1) is 0 Å². The minimum absolute atomic E-state index is 0.0701. The van der Waals surface area contributed by atoms with Crippen LogP contribution in [0.4, 0.5) is 4.79 Å². The molecular weight excluding hydrogens is 220 g/mol. The zero-order chi connectivity index (χ0) is 12.4. The van der Waals surface area contributed by atoms with Gasteiger partial charge in [0.05, 0.1) is 0 Å². The Bertz CT molecular complexity index is 315. The van der Waals surface area contributed by atoms with Crippen LogP contribution < -0.4 is 0 Å². The molecule has 2 fully saturated rings. The maximum absolute atomic E-state index is 12.3. The number of carboxylic acids is 1. The summed E-state index contributed by atoms with van der Waals surface area (Å²) in [6, 6.07) is 0.397. The van der Waals surface area contributed by atoms with Gasteiger partial charge in [0.25, 0.3) is 0 Å². The topological polar surface area (TPSA) is 60.9 Å². The molecule has 0 aromatic carbocycles. The Labute approximate surface area is 101 Å². The summed E-state index contributed by atoms with van der Waals surface area (Å²) in [6.07, 6.45) is 4.94. The molecule has 1 saturated heterocycles. The molecule has 2 amide bonds. The molecule has 0 radical (unpaired) electrons. The van der Waals surface area contributed by atoms with E-state index in [1.807, 2.05) is 4.90 Å². The normalized spacial score (nSPS) is 23.8. The second-order valence-corrected chi connectivity index (χ2v) is 4.93. The van der Waals surface area contributed by atoms with E-state index in [1.54, 1.807) is 0 Å². The first-order chi connectivity index (χ1) is 8.13. The van der Waals surface area contributed by atoms with Crippen LogP contribution in [0.3, 0.4) is 0 Å². The van der Waals surface area contributed by atoms with Crippen molar-refractivity contribution in [2.45, 2.75) is 51.1 Å². The molecule has 0 bridgehead atoms. The van der Waals surface area contributed by atoms with Crippen molar-refractivity contribution in [3.8, 4) is 0 Å². The van der Waals surface area contributed by atoms with Gasteiger partial charge in [-0.1, -0.05) is 6.92 Å². The second kappa shape index (κ2) is 4.94. The standard InChI is InChI=1S/C12H20N2O3/c1-2-9-4-3-7-13(9)12(17)14(8-11(15)16)10-5-6-10/h9-10H,2-8H2,1H3,(H,15,16). The van der Waals surface area contributed by atoms with Crippen LogP contribution in [0.15, 0.2) is 0 Å². The summed E-state index contributed by atoms with van der Waals surface area (Å²) in [5, 5.41) is 8.86. The number of carbonyl (C=O) groups is 2. The monoisotopic (exact) mass is 240 g/mol. The molecule has 17 heavy (non-hydrogen) atoms. The van der Waals surface area contributed by atoms with Gasteiger partial charge in [-0.05, 0) is 32.1 Å². The Hall–Kier alpha value is -1.26. The number of hydrogen-bond acceptors (Lipinski definition) is 2. The van der Waals surface area contributed by atoms with E-state index in [0.717, 1.165) is 38.6 Å². The van der Waals surface area contributed by atoms with Crippen LogP contribution in [0, 0.1) is 0 Å². The SMILES string of the molecule is CCC1CCCN1C(=O)N(CC(=O)O)C1CC1. The molecule has 1 aliphatic heterocycles. The molecule has 0 aromatic rings. The third kappa shape index (κ3) is 2.70. The quantitative estimate of drug-likeness (QED) is 0.810. The third-order valence-electron chi connectivity index (χ3n) is 3.63. The summed E-state index contributed by atoms with van der Waals surface area (Å²) in [5.41, 5.74) is 0. The van der Waals surface area contributed by atoms with Crippen LogP contribution in [0.1, 0.15) is 39.0 Å². The molecule has 0 spiro atoms. The van der Waals surface area contributed by atoms with Gasteiger partial charge >= 0.3 is 12.0 Å². The van der Waals surface area contributed by atoms with E-state index in [9.17, 15) is 9.59 Å². The number of carboxylic acid groups (broad SMARTS) is 1. The molecule has 1 aliphatic carbocycles. The number of aliphatic carboxylic acids is 1. The molecule has 2 rings (SSSR count). The average molecular weight is 240 g/mol. The summed E-state index contributed by atoms with van der Waals surface area (Å²) < 4.78 is 0. The molecule has 96 valence electrons. The Morgan fingerprint density at radius 3 is 2.59 bits per heavy atom. The summed E-state index contributed by atoms with van der Waals surface area (Å²) in [5.74, 6) is -0.919. The zero-order valence-electron chi connectivity index (χ0n) is 10.3. The minimum Gasteiger partial charge on any atom is -0.480 e. The molecule has 1 heterocycles.